The van der Waals surface area contributed by atoms with E-state index in [0.717, 1.165) is 55.1 Å². The van der Waals surface area contributed by atoms with E-state index in [2.05, 4.69) is 40.0 Å². The van der Waals surface area contributed by atoms with Crippen molar-refractivity contribution in [3.05, 3.63) is 58.7 Å². The molecule has 0 saturated carbocycles. The van der Waals surface area contributed by atoms with Gasteiger partial charge in [-0.2, -0.15) is 0 Å². The van der Waals surface area contributed by atoms with Crippen molar-refractivity contribution < 1.29 is 4.79 Å². The van der Waals surface area contributed by atoms with Gasteiger partial charge in [0.05, 0.1) is 0 Å². The van der Waals surface area contributed by atoms with Gasteiger partial charge in [-0.3, -0.25) is 4.79 Å². The van der Waals surface area contributed by atoms with Crippen molar-refractivity contribution >= 4 is 5.91 Å². The van der Waals surface area contributed by atoms with Crippen molar-refractivity contribution in [1.82, 2.24) is 19.8 Å². The van der Waals surface area contributed by atoms with Gasteiger partial charge in [0.15, 0.2) is 0 Å². The lowest BCUT2D eigenvalue weighted by Gasteiger charge is -2.30. The number of carbonyl (C=O) groups is 1. The second-order valence-corrected chi connectivity index (χ2v) is 7.58. The second-order valence-electron chi connectivity index (χ2n) is 7.58. The number of rotatable bonds is 6. The molecule has 142 valence electrons. The number of hydrogen-bond donors (Lipinski definition) is 0. The Hall–Kier alpha value is -2.27. The predicted molar refractivity (Wildman–Crippen MR) is 106 cm³/mol. The zero-order valence-electron chi connectivity index (χ0n) is 16.2. The molecule has 1 amide bonds. The number of aromatic nitrogens is 2. The molecule has 3 heterocycles. The molecule has 0 atom stereocenters. The van der Waals surface area contributed by atoms with Crippen LogP contribution >= 0.6 is 0 Å². The van der Waals surface area contributed by atoms with Gasteiger partial charge in [-0.05, 0) is 62.0 Å². The zero-order valence-corrected chi connectivity index (χ0v) is 16.2. The molecule has 5 nitrogen and oxygen atoms in total. The number of nitrogens with zero attached hydrogens (tertiary/aromatic N) is 4. The first-order chi connectivity index (χ1) is 13.2. The number of benzene rings is 1. The molecule has 1 aromatic carbocycles. The van der Waals surface area contributed by atoms with E-state index in [4.69, 9.17) is 0 Å². The van der Waals surface area contributed by atoms with Crippen molar-refractivity contribution in [3.63, 3.8) is 0 Å². The largest absolute Gasteiger partial charge is 0.337 e. The molecule has 0 N–H and O–H groups in total. The minimum absolute atomic E-state index is 0.181. The molecule has 0 unspecified atom stereocenters. The fraction of sp³-hybridized carbons (Fsp3) is 0.500. The molecule has 5 heteroatoms. The average molecular weight is 364 g/mol. The summed E-state index contributed by atoms with van der Waals surface area (Å²) in [4.78, 5) is 26.5. The quantitative estimate of drug-likeness (QED) is 0.791. The predicted octanol–water partition coefficient (Wildman–Crippen LogP) is 2.72. The lowest BCUT2D eigenvalue weighted by Crippen LogP contribution is -2.42. The maximum absolute atomic E-state index is 13.0. The Labute approximate surface area is 161 Å². The van der Waals surface area contributed by atoms with Crippen LogP contribution in [0.3, 0.4) is 0 Å². The number of fused-ring (bicyclic) bond motifs is 1. The van der Waals surface area contributed by atoms with Gasteiger partial charge in [-0.15, -0.1) is 0 Å². The van der Waals surface area contributed by atoms with Crippen LogP contribution in [0.5, 0.6) is 0 Å². The van der Waals surface area contributed by atoms with Crippen LogP contribution in [-0.4, -0.2) is 58.4 Å². The van der Waals surface area contributed by atoms with Crippen molar-refractivity contribution in [2.45, 2.75) is 39.0 Å². The normalized spacial score (nSPS) is 17.4. The van der Waals surface area contributed by atoms with E-state index in [-0.39, 0.29) is 5.91 Å². The fourth-order valence-electron chi connectivity index (χ4n) is 4.07. The summed E-state index contributed by atoms with van der Waals surface area (Å²) in [6.45, 7) is 7.13. The molecule has 4 rings (SSSR count). The van der Waals surface area contributed by atoms with Crippen LogP contribution in [0.15, 0.2) is 30.5 Å². The summed E-state index contributed by atoms with van der Waals surface area (Å²) in [6, 6.07) is 8.25. The minimum atomic E-state index is 0.181. The third kappa shape index (κ3) is 4.19. The zero-order chi connectivity index (χ0) is 18.6. The summed E-state index contributed by atoms with van der Waals surface area (Å²) in [7, 11) is 0. The minimum Gasteiger partial charge on any atom is -0.337 e. The van der Waals surface area contributed by atoms with E-state index < -0.39 is 0 Å². The summed E-state index contributed by atoms with van der Waals surface area (Å²) < 4.78 is 0. The highest BCUT2D eigenvalue weighted by Crippen LogP contribution is 2.22. The van der Waals surface area contributed by atoms with Gasteiger partial charge in [-0.1, -0.05) is 19.1 Å². The first-order valence-electron chi connectivity index (χ1n) is 10.2. The summed E-state index contributed by atoms with van der Waals surface area (Å²) in [6.07, 6.45) is 6.93. The smallest absolute Gasteiger partial charge is 0.254 e. The van der Waals surface area contributed by atoms with Crippen LogP contribution in [0.2, 0.25) is 0 Å². The average Bonchev–Trinajstić information content (AvgIpc) is 3.22. The molecule has 2 aromatic rings. The highest BCUT2D eigenvalue weighted by molar-refractivity contribution is 5.97. The lowest BCUT2D eigenvalue weighted by molar-refractivity contribution is 0.0724. The first kappa shape index (κ1) is 18.1. The Morgan fingerprint density at radius 1 is 1.07 bits per heavy atom. The van der Waals surface area contributed by atoms with Gasteiger partial charge in [0.25, 0.3) is 5.91 Å². The van der Waals surface area contributed by atoms with Gasteiger partial charge in [0.1, 0.15) is 5.82 Å². The Kier molecular flexibility index (Phi) is 5.48. The first-order valence-corrected chi connectivity index (χ1v) is 10.2. The van der Waals surface area contributed by atoms with Crippen LogP contribution in [0.1, 0.15) is 52.8 Å². The molecule has 2 aliphatic heterocycles. The van der Waals surface area contributed by atoms with Crippen LogP contribution in [0, 0.1) is 0 Å². The number of aryl methyl sites for hydroxylation is 1. The highest BCUT2D eigenvalue weighted by Gasteiger charge is 2.25. The molecule has 0 bridgehead atoms. The standard InChI is InChI=1S/C22H28N4O/c1-2-19-7-9-23-21(24-19)16-17-5-6-18-8-12-26(22(27)20(18)15-17)14-13-25-10-3-4-11-25/h5-7,9,15H,2-4,8,10-14,16H2,1H3. The molecule has 0 aliphatic carbocycles. The van der Waals surface area contributed by atoms with E-state index >= 15 is 0 Å². The summed E-state index contributed by atoms with van der Waals surface area (Å²) >= 11 is 0. The van der Waals surface area contributed by atoms with Crippen LogP contribution in [0.25, 0.3) is 0 Å². The number of likely N-dealkylation sites (tertiary alicyclic amines) is 1. The van der Waals surface area contributed by atoms with Crippen LogP contribution in [-0.2, 0) is 19.3 Å². The van der Waals surface area contributed by atoms with Crippen molar-refractivity contribution in [1.29, 1.82) is 0 Å². The van der Waals surface area contributed by atoms with Gasteiger partial charge in [0, 0.05) is 43.5 Å². The summed E-state index contributed by atoms with van der Waals surface area (Å²) in [5.74, 6) is 1.00. The Balaban J connectivity index is 1.46. The monoisotopic (exact) mass is 364 g/mol. The molecule has 1 saturated heterocycles. The van der Waals surface area contributed by atoms with Gasteiger partial charge in [-0.25, -0.2) is 9.97 Å². The van der Waals surface area contributed by atoms with E-state index in [0.29, 0.717) is 6.42 Å². The molecule has 1 aromatic heterocycles. The molecular weight excluding hydrogens is 336 g/mol. The fourth-order valence-corrected chi connectivity index (χ4v) is 4.07. The van der Waals surface area contributed by atoms with Crippen molar-refractivity contribution in [3.8, 4) is 0 Å². The molecule has 27 heavy (non-hydrogen) atoms. The van der Waals surface area contributed by atoms with E-state index in [9.17, 15) is 4.79 Å². The number of amides is 1. The Morgan fingerprint density at radius 2 is 1.93 bits per heavy atom. The van der Waals surface area contributed by atoms with Gasteiger partial charge < -0.3 is 9.80 Å². The molecule has 0 spiro atoms. The number of carbonyl (C=O) groups excluding carboxylic acids is 1. The van der Waals surface area contributed by atoms with Gasteiger partial charge >= 0.3 is 0 Å². The van der Waals surface area contributed by atoms with Gasteiger partial charge in [0.2, 0.25) is 0 Å². The second kappa shape index (κ2) is 8.17. The maximum Gasteiger partial charge on any atom is 0.254 e. The topological polar surface area (TPSA) is 49.3 Å². The molecule has 2 aliphatic rings. The van der Waals surface area contributed by atoms with E-state index in [1.54, 1.807) is 0 Å². The van der Waals surface area contributed by atoms with Crippen LogP contribution < -0.4 is 0 Å². The van der Waals surface area contributed by atoms with E-state index in [1.165, 1.54) is 31.5 Å². The van der Waals surface area contributed by atoms with Crippen molar-refractivity contribution in [2.24, 2.45) is 0 Å². The highest BCUT2D eigenvalue weighted by atomic mass is 16.2. The maximum atomic E-state index is 13.0. The Bertz CT molecular complexity index is 814. The molecular formula is C22H28N4O. The third-order valence-electron chi connectivity index (χ3n) is 5.72. The van der Waals surface area contributed by atoms with Crippen LogP contribution in [0.4, 0.5) is 0 Å². The summed E-state index contributed by atoms with van der Waals surface area (Å²) in [5, 5.41) is 0. The summed E-state index contributed by atoms with van der Waals surface area (Å²) in [5.41, 5.74) is 4.20. The molecule has 0 radical (unpaired) electrons. The SMILES string of the molecule is CCc1ccnc(Cc2ccc3c(c2)C(=O)N(CCN2CCCC2)CC3)n1. The number of hydrogen-bond acceptors (Lipinski definition) is 4. The van der Waals surface area contributed by atoms with E-state index in [1.807, 2.05) is 17.2 Å². The Morgan fingerprint density at radius 3 is 2.74 bits per heavy atom. The van der Waals surface area contributed by atoms with Crippen molar-refractivity contribution in [2.75, 3.05) is 32.7 Å². The molecule has 1 fully saturated rings. The third-order valence-corrected chi connectivity index (χ3v) is 5.72. The lowest BCUT2D eigenvalue weighted by atomic mass is 9.95.